The van der Waals surface area contributed by atoms with Crippen LogP contribution < -0.4 is 5.73 Å². The van der Waals surface area contributed by atoms with Crippen molar-refractivity contribution in [3.8, 4) is 0 Å². The number of hydrogen-bond acceptors (Lipinski definition) is 2. The summed E-state index contributed by atoms with van der Waals surface area (Å²) in [5.74, 6) is 0. The summed E-state index contributed by atoms with van der Waals surface area (Å²) in [6, 6.07) is -2.43. The monoisotopic (exact) mass is 240 g/mol. The zero-order valence-corrected chi connectivity index (χ0v) is 10.7. The van der Waals surface area contributed by atoms with Crippen LogP contribution in [0.25, 0.3) is 0 Å². The minimum atomic E-state index is -4.27. The van der Waals surface area contributed by atoms with Crippen LogP contribution in [0.15, 0.2) is 0 Å². The van der Waals surface area contributed by atoms with Crippen molar-refractivity contribution < 1.29 is 13.2 Å². The fourth-order valence-corrected chi connectivity index (χ4v) is 1.89. The van der Waals surface area contributed by atoms with Gasteiger partial charge in [-0.3, -0.25) is 4.90 Å². The van der Waals surface area contributed by atoms with Crippen LogP contribution in [0.5, 0.6) is 0 Å². The van der Waals surface area contributed by atoms with Crippen LogP contribution in [0.1, 0.15) is 34.1 Å². The second-order valence-corrected chi connectivity index (χ2v) is 5.53. The van der Waals surface area contributed by atoms with Crippen molar-refractivity contribution in [2.75, 3.05) is 13.6 Å². The van der Waals surface area contributed by atoms with Crippen LogP contribution in [0.2, 0.25) is 0 Å². The number of likely N-dealkylation sites (N-methyl/N-ethyl adjacent to an activating group) is 1. The number of nitrogens with two attached hydrogens (primary N) is 1. The summed E-state index contributed by atoms with van der Waals surface area (Å²) in [5.41, 5.74) is 5.39. The number of nitrogens with zero attached hydrogens (tertiary/aromatic N) is 1. The highest BCUT2D eigenvalue weighted by molar-refractivity contribution is 4.87. The summed E-state index contributed by atoms with van der Waals surface area (Å²) in [5, 5.41) is 0. The molecule has 2 N–H and O–H groups in total. The molecule has 2 nitrogen and oxygen atoms in total. The van der Waals surface area contributed by atoms with Gasteiger partial charge in [0.05, 0.1) is 0 Å². The number of alkyl halides is 3. The Kier molecular flexibility index (Phi) is 5.26. The average molecular weight is 240 g/mol. The summed E-state index contributed by atoms with van der Waals surface area (Å²) in [6.07, 6.45) is -3.95. The van der Waals surface area contributed by atoms with Crippen molar-refractivity contribution in [1.82, 2.24) is 4.90 Å². The molecule has 0 aromatic carbocycles. The van der Waals surface area contributed by atoms with Gasteiger partial charge in [-0.25, -0.2) is 0 Å². The first-order valence-corrected chi connectivity index (χ1v) is 5.51. The predicted molar refractivity (Wildman–Crippen MR) is 60.2 cm³/mol. The molecule has 2 unspecified atom stereocenters. The number of hydrogen-bond donors (Lipinski definition) is 1. The molecule has 0 saturated carbocycles. The Balaban J connectivity index is 4.78. The third kappa shape index (κ3) is 5.16. The number of rotatable bonds is 4. The Labute approximate surface area is 96.0 Å². The van der Waals surface area contributed by atoms with E-state index in [0.29, 0.717) is 13.0 Å². The molecule has 0 bridgehead atoms. The molecule has 0 aliphatic rings. The van der Waals surface area contributed by atoms with E-state index < -0.39 is 18.3 Å². The van der Waals surface area contributed by atoms with Crippen LogP contribution in [0, 0.1) is 5.41 Å². The normalized spacial score (nSPS) is 17.6. The van der Waals surface area contributed by atoms with Crippen molar-refractivity contribution in [2.24, 2.45) is 11.1 Å². The first kappa shape index (κ1) is 15.7. The summed E-state index contributed by atoms with van der Waals surface area (Å²) < 4.78 is 38.6. The van der Waals surface area contributed by atoms with Gasteiger partial charge in [0.25, 0.3) is 0 Å². The highest BCUT2D eigenvalue weighted by Gasteiger charge is 2.45. The molecule has 0 amide bonds. The van der Waals surface area contributed by atoms with Gasteiger partial charge in [-0.05, 0) is 18.9 Å². The maximum absolute atomic E-state index is 12.9. The molecule has 0 heterocycles. The van der Waals surface area contributed by atoms with Crippen LogP contribution >= 0.6 is 0 Å². The second kappa shape index (κ2) is 5.36. The highest BCUT2D eigenvalue weighted by Crippen LogP contribution is 2.29. The van der Waals surface area contributed by atoms with Gasteiger partial charge in [0.15, 0.2) is 0 Å². The lowest BCUT2D eigenvalue weighted by atomic mass is 9.94. The quantitative estimate of drug-likeness (QED) is 0.818. The molecule has 0 spiro atoms. The first-order chi connectivity index (χ1) is 6.99. The third-order valence-electron chi connectivity index (χ3n) is 2.41. The lowest BCUT2D eigenvalue weighted by Gasteiger charge is -2.37. The van der Waals surface area contributed by atoms with Crippen LogP contribution in [-0.2, 0) is 0 Å². The van der Waals surface area contributed by atoms with E-state index in [-0.39, 0.29) is 5.41 Å². The van der Waals surface area contributed by atoms with Crippen LogP contribution in [0.3, 0.4) is 0 Å². The van der Waals surface area contributed by atoms with Crippen molar-refractivity contribution in [1.29, 1.82) is 0 Å². The molecule has 0 aliphatic carbocycles. The van der Waals surface area contributed by atoms with Gasteiger partial charge in [-0.15, -0.1) is 0 Å². The van der Waals surface area contributed by atoms with Gasteiger partial charge in [0.2, 0.25) is 0 Å². The Morgan fingerprint density at radius 2 is 1.62 bits per heavy atom. The molecule has 0 radical (unpaired) electrons. The maximum Gasteiger partial charge on any atom is 0.405 e. The topological polar surface area (TPSA) is 29.3 Å². The SMILES string of the molecule is CCC(N)C(N(C)CC(C)(C)C)C(F)(F)F. The standard InChI is InChI=1S/C11H23F3N2/c1-6-8(15)9(11(12,13)14)16(5)7-10(2,3)4/h8-9H,6-7,15H2,1-5H3. The van der Waals surface area contributed by atoms with E-state index in [1.54, 1.807) is 6.92 Å². The minimum absolute atomic E-state index is 0.175. The van der Waals surface area contributed by atoms with Gasteiger partial charge < -0.3 is 5.73 Å². The lowest BCUT2D eigenvalue weighted by molar-refractivity contribution is -0.188. The smallest absolute Gasteiger partial charge is 0.326 e. The second-order valence-electron chi connectivity index (χ2n) is 5.53. The molecule has 0 aromatic rings. The third-order valence-corrected chi connectivity index (χ3v) is 2.41. The van der Waals surface area contributed by atoms with Crippen LogP contribution in [-0.4, -0.2) is 36.8 Å². The van der Waals surface area contributed by atoms with E-state index in [9.17, 15) is 13.2 Å². The molecule has 0 fully saturated rings. The fraction of sp³-hybridized carbons (Fsp3) is 1.00. The zero-order valence-electron chi connectivity index (χ0n) is 10.7. The van der Waals surface area contributed by atoms with Gasteiger partial charge in [-0.2, -0.15) is 13.2 Å². The fourth-order valence-electron chi connectivity index (χ4n) is 1.89. The predicted octanol–water partition coefficient (Wildman–Crippen LogP) is 2.63. The van der Waals surface area contributed by atoms with Gasteiger partial charge >= 0.3 is 6.18 Å². The van der Waals surface area contributed by atoms with E-state index in [4.69, 9.17) is 5.73 Å². The molecular weight excluding hydrogens is 217 g/mol. The molecule has 0 saturated heterocycles. The van der Waals surface area contributed by atoms with E-state index in [1.807, 2.05) is 20.8 Å². The van der Waals surface area contributed by atoms with Crippen LogP contribution in [0.4, 0.5) is 13.2 Å². The molecule has 0 aliphatic heterocycles. The van der Waals surface area contributed by atoms with Crippen molar-refractivity contribution >= 4 is 0 Å². The molecule has 2 atom stereocenters. The van der Waals surface area contributed by atoms with Crippen molar-refractivity contribution in [3.63, 3.8) is 0 Å². The summed E-state index contributed by atoms with van der Waals surface area (Å²) in [6.45, 7) is 7.77. The van der Waals surface area contributed by atoms with E-state index in [1.165, 1.54) is 11.9 Å². The maximum atomic E-state index is 12.9. The summed E-state index contributed by atoms with van der Waals surface area (Å²) in [7, 11) is 1.49. The first-order valence-electron chi connectivity index (χ1n) is 5.51. The van der Waals surface area contributed by atoms with Gasteiger partial charge in [-0.1, -0.05) is 27.7 Å². The lowest BCUT2D eigenvalue weighted by Crippen LogP contribution is -2.56. The Morgan fingerprint density at radius 3 is 1.88 bits per heavy atom. The Bertz CT molecular complexity index is 208. The molecule has 5 heteroatoms. The van der Waals surface area contributed by atoms with E-state index in [0.717, 1.165) is 0 Å². The van der Waals surface area contributed by atoms with Crippen molar-refractivity contribution in [2.45, 2.75) is 52.4 Å². The van der Waals surface area contributed by atoms with Gasteiger partial charge in [0.1, 0.15) is 6.04 Å². The summed E-state index contributed by atoms with van der Waals surface area (Å²) >= 11 is 0. The Morgan fingerprint density at radius 1 is 1.19 bits per heavy atom. The minimum Gasteiger partial charge on any atom is -0.326 e. The van der Waals surface area contributed by atoms with E-state index >= 15 is 0 Å². The molecular formula is C11H23F3N2. The molecule has 0 rings (SSSR count). The zero-order chi connectivity index (χ0) is 13.1. The largest absolute Gasteiger partial charge is 0.405 e. The van der Waals surface area contributed by atoms with Gasteiger partial charge in [0, 0.05) is 12.6 Å². The van der Waals surface area contributed by atoms with Crippen molar-refractivity contribution in [3.05, 3.63) is 0 Å². The molecule has 98 valence electrons. The molecule has 16 heavy (non-hydrogen) atoms. The average Bonchev–Trinajstić information content (AvgIpc) is 1.97. The van der Waals surface area contributed by atoms with E-state index in [2.05, 4.69) is 0 Å². The molecule has 0 aromatic heterocycles. The Hall–Kier alpha value is -0.290. The number of halogens is 3. The highest BCUT2D eigenvalue weighted by atomic mass is 19.4. The summed E-state index contributed by atoms with van der Waals surface area (Å²) in [4.78, 5) is 1.31.